The Labute approximate surface area is 155 Å². The van der Waals surface area contributed by atoms with E-state index in [-0.39, 0.29) is 12.5 Å². The summed E-state index contributed by atoms with van der Waals surface area (Å²) in [6.07, 6.45) is 4.09. The van der Waals surface area contributed by atoms with Gasteiger partial charge >= 0.3 is 0 Å². The molecule has 25 heavy (non-hydrogen) atoms. The zero-order valence-corrected chi connectivity index (χ0v) is 15.1. The molecule has 0 saturated carbocycles. The molecule has 0 aliphatic heterocycles. The number of thiophene rings is 1. The summed E-state index contributed by atoms with van der Waals surface area (Å²) >= 11 is 7.55. The molecule has 2 heterocycles. The molecular weight excluding hydrogens is 358 g/mol. The number of benzene rings is 1. The summed E-state index contributed by atoms with van der Waals surface area (Å²) in [4.78, 5) is 15.7. The fourth-order valence-corrected chi connectivity index (χ4v) is 3.19. The third kappa shape index (κ3) is 5.37. The summed E-state index contributed by atoms with van der Waals surface area (Å²) in [5.74, 6) is 0.562. The predicted octanol–water partition coefficient (Wildman–Crippen LogP) is 4.64. The van der Waals surface area contributed by atoms with Gasteiger partial charge in [0.15, 0.2) is 6.61 Å². The van der Waals surface area contributed by atoms with Crippen LogP contribution in [0.4, 0.5) is 0 Å². The van der Waals surface area contributed by atoms with Gasteiger partial charge in [0.05, 0.1) is 12.5 Å². The highest BCUT2D eigenvalue weighted by Crippen LogP contribution is 2.16. The highest BCUT2D eigenvalue weighted by atomic mass is 35.5. The van der Waals surface area contributed by atoms with E-state index in [9.17, 15) is 4.79 Å². The van der Waals surface area contributed by atoms with E-state index >= 15 is 0 Å². The topological polar surface area (TPSA) is 42.7 Å². The quantitative estimate of drug-likeness (QED) is 0.575. The molecule has 1 amide bonds. The second-order valence-electron chi connectivity index (χ2n) is 5.52. The predicted molar refractivity (Wildman–Crippen MR) is 99.1 cm³/mol. The monoisotopic (exact) mass is 375 g/mol. The third-order valence-corrected chi connectivity index (χ3v) is 4.88. The maximum absolute atomic E-state index is 12.6. The number of amides is 1. The summed E-state index contributed by atoms with van der Waals surface area (Å²) in [7, 11) is 0. The van der Waals surface area contributed by atoms with Crippen molar-refractivity contribution in [1.82, 2.24) is 4.90 Å². The summed E-state index contributed by atoms with van der Waals surface area (Å²) in [5.41, 5.74) is 0.964. The van der Waals surface area contributed by atoms with Gasteiger partial charge in [-0.25, -0.2) is 0 Å². The van der Waals surface area contributed by atoms with Crippen LogP contribution in [-0.2, 0) is 17.8 Å². The first-order valence-electron chi connectivity index (χ1n) is 7.90. The zero-order valence-electron chi connectivity index (χ0n) is 13.6. The van der Waals surface area contributed by atoms with Gasteiger partial charge in [-0.05, 0) is 48.2 Å². The Kier molecular flexibility index (Phi) is 6.14. The molecule has 3 aromatic rings. The van der Waals surface area contributed by atoms with Crippen LogP contribution in [0.1, 0.15) is 10.4 Å². The Morgan fingerprint density at radius 1 is 1.20 bits per heavy atom. The molecular formula is C19H18ClNO3S. The van der Waals surface area contributed by atoms with Crippen molar-refractivity contribution in [2.75, 3.05) is 13.2 Å². The molecule has 4 nitrogen and oxygen atoms in total. The summed E-state index contributed by atoms with van der Waals surface area (Å²) in [6.45, 7) is 1.13. The van der Waals surface area contributed by atoms with Crippen molar-refractivity contribution >= 4 is 28.8 Å². The molecule has 0 bridgehead atoms. The molecule has 3 rings (SSSR count). The molecule has 0 N–H and O–H groups in total. The first-order chi connectivity index (χ1) is 12.2. The number of carbonyl (C=O) groups is 1. The molecule has 0 unspecified atom stereocenters. The fourth-order valence-electron chi connectivity index (χ4n) is 2.36. The Morgan fingerprint density at radius 2 is 2.04 bits per heavy atom. The standard InChI is InChI=1S/C19H18ClNO3S/c20-16-3-5-17(6-4-16)24-14-19(22)21(12-15-8-10-23-13-15)9-7-18-2-1-11-25-18/h1-6,8,10-11,13H,7,9,12,14H2. The van der Waals surface area contributed by atoms with Crippen molar-refractivity contribution in [2.24, 2.45) is 0 Å². The smallest absolute Gasteiger partial charge is 0.260 e. The second-order valence-corrected chi connectivity index (χ2v) is 6.99. The van der Waals surface area contributed by atoms with Gasteiger partial charge < -0.3 is 14.1 Å². The number of carbonyl (C=O) groups excluding carboxylic acids is 1. The fraction of sp³-hybridized carbons (Fsp3) is 0.211. The lowest BCUT2D eigenvalue weighted by Crippen LogP contribution is -2.35. The van der Waals surface area contributed by atoms with Crippen molar-refractivity contribution in [1.29, 1.82) is 0 Å². The Balaban J connectivity index is 1.60. The molecule has 1 aromatic carbocycles. The molecule has 0 fully saturated rings. The van der Waals surface area contributed by atoms with Crippen LogP contribution in [0.5, 0.6) is 5.75 Å². The lowest BCUT2D eigenvalue weighted by molar-refractivity contribution is -0.134. The summed E-state index contributed by atoms with van der Waals surface area (Å²) in [5, 5.41) is 2.68. The van der Waals surface area contributed by atoms with E-state index in [2.05, 4.69) is 6.07 Å². The molecule has 0 saturated heterocycles. The van der Waals surface area contributed by atoms with Gasteiger partial charge in [0.1, 0.15) is 5.75 Å². The maximum Gasteiger partial charge on any atom is 0.260 e. The van der Waals surface area contributed by atoms with Crippen molar-refractivity contribution in [3.05, 3.63) is 75.8 Å². The first-order valence-corrected chi connectivity index (χ1v) is 9.16. The van der Waals surface area contributed by atoms with Crippen LogP contribution >= 0.6 is 22.9 Å². The number of rotatable bonds is 8. The minimum absolute atomic E-state index is 0.01000. The summed E-state index contributed by atoms with van der Waals surface area (Å²) in [6, 6.07) is 12.9. The molecule has 0 spiro atoms. The molecule has 0 radical (unpaired) electrons. The van der Waals surface area contributed by atoms with Gasteiger partial charge in [-0.2, -0.15) is 0 Å². The SMILES string of the molecule is O=C(COc1ccc(Cl)cc1)N(CCc1cccs1)Cc1ccoc1. The first kappa shape index (κ1) is 17.6. The van der Waals surface area contributed by atoms with Gasteiger partial charge in [0.25, 0.3) is 5.91 Å². The minimum atomic E-state index is -0.0623. The number of nitrogens with zero attached hydrogens (tertiary/aromatic N) is 1. The molecule has 6 heteroatoms. The molecule has 130 valence electrons. The normalized spacial score (nSPS) is 10.6. The lowest BCUT2D eigenvalue weighted by atomic mass is 10.2. The van der Waals surface area contributed by atoms with E-state index in [1.54, 1.807) is 53.0 Å². The highest BCUT2D eigenvalue weighted by molar-refractivity contribution is 7.09. The average Bonchev–Trinajstić information content (AvgIpc) is 3.31. The summed E-state index contributed by atoms with van der Waals surface area (Å²) < 4.78 is 10.7. The van der Waals surface area contributed by atoms with Gasteiger partial charge in [0.2, 0.25) is 0 Å². The number of hydrogen-bond acceptors (Lipinski definition) is 4. The van der Waals surface area contributed by atoms with Crippen molar-refractivity contribution in [3.8, 4) is 5.75 Å². The van der Waals surface area contributed by atoms with E-state index in [4.69, 9.17) is 20.8 Å². The van der Waals surface area contributed by atoms with Crippen LogP contribution in [0.3, 0.4) is 0 Å². The highest BCUT2D eigenvalue weighted by Gasteiger charge is 2.16. The lowest BCUT2D eigenvalue weighted by Gasteiger charge is -2.22. The van der Waals surface area contributed by atoms with Crippen LogP contribution in [0, 0.1) is 0 Å². The van der Waals surface area contributed by atoms with Crippen LogP contribution in [-0.4, -0.2) is 24.0 Å². The second kappa shape index (κ2) is 8.74. The number of hydrogen-bond donors (Lipinski definition) is 0. The third-order valence-electron chi connectivity index (χ3n) is 3.69. The van der Waals surface area contributed by atoms with Crippen LogP contribution in [0.2, 0.25) is 5.02 Å². The Morgan fingerprint density at radius 3 is 2.72 bits per heavy atom. The molecule has 0 aliphatic rings. The number of ether oxygens (including phenoxy) is 1. The maximum atomic E-state index is 12.6. The van der Waals surface area contributed by atoms with Gasteiger partial charge in [-0.3, -0.25) is 4.79 Å². The van der Waals surface area contributed by atoms with E-state index in [1.165, 1.54) is 4.88 Å². The van der Waals surface area contributed by atoms with E-state index in [1.807, 2.05) is 17.5 Å². The largest absolute Gasteiger partial charge is 0.484 e. The average molecular weight is 376 g/mol. The van der Waals surface area contributed by atoms with Crippen molar-refractivity contribution < 1.29 is 13.9 Å². The molecule has 0 aliphatic carbocycles. The van der Waals surface area contributed by atoms with Crippen molar-refractivity contribution in [2.45, 2.75) is 13.0 Å². The van der Waals surface area contributed by atoms with Gasteiger partial charge in [-0.1, -0.05) is 17.7 Å². The van der Waals surface area contributed by atoms with Crippen molar-refractivity contribution in [3.63, 3.8) is 0 Å². The molecule has 0 atom stereocenters. The Hall–Kier alpha value is -2.24. The van der Waals surface area contributed by atoms with Crippen LogP contribution < -0.4 is 4.74 Å². The number of furan rings is 1. The number of halogens is 1. The van der Waals surface area contributed by atoms with E-state index in [0.29, 0.717) is 23.9 Å². The van der Waals surface area contributed by atoms with E-state index in [0.717, 1.165) is 12.0 Å². The minimum Gasteiger partial charge on any atom is -0.484 e. The van der Waals surface area contributed by atoms with E-state index < -0.39 is 0 Å². The molecule has 2 aromatic heterocycles. The van der Waals surface area contributed by atoms with Crippen LogP contribution in [0.15, 0.2) is 64.8 Å². The Bertz CT molecular complexity index is 770. The zero-order chi connectivity index (χ0) is 17.5. The van der Waals surface area contributed by atoms with Gasteiger partial charge in [0, 0.05) is 28.6 Å². The van der Waals surface area contributed by atoms with Gasteiger partial charge in [-0.15, -0.1) is 11.3 Å². The van der Waals surface area contributed by atoms with Crippen LogP contribution in [0.25, 0.3) is 0 Å².